The number of carbonyl (C=O) groups is 3. The lowest BCUT2D eigenvalue weighted by molar-refractivity contribution is -0.139. The molecule has 1 aliphatic heterocycles. The summed E-state index contributed by atoms with van der Waals surface area (Å²) in [4.78, 5) is 36.0. The SMILES string of the molecule is CCC(C(=O)O)N1C(=O)C(=O)c2c(Br)cccc21. The highest BCUT2D eigenvalue weighted by atomic mass is 79.9. The summed E-state index contributed by atoms with van der Waals surface area (Å²) in [6, 6.07) is 3.87. The number of hydrogen-bond donors (Lipinski definition) is 1. The number of carboxylic acid groups (broad SMARTS) is 1. The number of nitrogens with zero attached hydrogens (tertiary/aromatic N) is 1. The van der Waals surface area contributed by atoms with Gasteiger partial charge in [0, 0.05) is 4.47 Å². The molecule has 1 N–H and O–H groups in total. The van der Waals surface area contributed by atoms with Crippen LogP contribution in [0.3, 0.4) is 0 Å². The van der Waals surface area contributed by atoms with Gasteiger partial charge in [-0.25, -0.2) is 4.79 Å². The molecule has 2 rings (SSSR count). The van der Waals surface area contributed by atoms with Crippen LogP contribution in [0.1, 0.15) is 23.7 Å². The van der Waals surface area contributed by atoms with Crippen LogP contribution < -0.4 is 4.90 Å². The van der Waals surface area contributed by atoms with E-state index in [1.54, 1.807) is 25.1 Å². The van der Waals surface area contributed by atoms with E-state index in [0.29, 0.717) is 10.2 Å². The van der Waals surface area contributed by atoms with Gasteiger partial charge < -0.3 is 5.11 Å². The molecular weight excluding hydrogens is 302 g/mol. The lowest BCUT2D eigenvalue weighted by Crippen LogP contribution is -2.44. The molecule has 0 saturated heterocycles. The summed E-state index contributed by atoms with van der Waals surface area (Å²) in [5.74, 6) is -2.57. The number of anilines is 1. The summed E-state index contributed by atoms with van der Waals surface area (Å²) in [6.45, 7) is 1.66. The first-order valence-electron chi connectivity index (χ1n) is 5.38. The van der Waals surface area contributed by atoms with Crippen LogP contribution in [-0.2, 0) is 9.59 Å². The molecule has 1 unspecified atom stereocenters. The lowest BCUT2D eigenvalue weighted by atomic mass is 10.1. The van der Waals surface area contributed by atoms with Crippen molar-refractivity contribution in [3.8, 4) is 0 Å². The van der Waals surface area contributed by atoms with Crippen molar-refractivity contribution in [1.82, 2.24) is 0 Å². The van der Waals surface area contributed by atoms with Crippen molar-refractivity contribution in [2.24, 2.45) is 0 Å². The number of Topliss-reactive ketones (excluding diaryl/α,β-unsaturated/α-hetero) is 1. The van der Waals surface area contributed by atoms with Gasteiger partial charge in [-0.3, -0.25) is 14.5 Å². The van der Waals surface area contributed by atoms with Crippen molar-refractivity contribution in [2.75, 3.05) is 4.90 Å². The minimum absolute atomic E-state index is 0.236. The second kappa shape index (κ2) is 4.53. The predicted octanol–water partition coefficient (Wildman–Crippen LogP) is 1.84. The van der Waals surface area contributed by atoms with E-state index in [4.69, 9.17) is 5.11 Å². The van der Waals surface area contributed by atoms with Crippen molar-refractivity contribution in [1.29, 1.82) is 0 Å². The van der Waals surface area contributed by atoms with Gasteiger partial charge in [0.1, 0.15) is 6.04 Å². The maximum absolute atomic E-state index is 11.9. The van der Waals surface area contributed by atoms with Crippen molar-refractivity contribution in [2.45, 2.75) is 19.4 Å². The fraction of sp³-hybridized carbons (Fsp3) is 0.250. The number of halogens is 1. The smallest absolute Gasteiger partial charge is 0.326 e. The van der Waals surface area contributed by atoms with Gasteiger partial charge in [-0.05, 0) is 34.5 Å². The van der Waals surface area contributed by atoms with E-state index in [-0.39, 0.29) is 12.0 Å². The summed E-state index contributed by atoms with van der Waals surface area (Å²) < 4.78 is 0.501. The van der Waals surface area contributed by atoms with Crippen molar-refractivity contribution < 1.29 is 19.5 Å². The molecule has 1 amide bonds. The van der Waals surface area contributed by atoms with E-state index in [1.807, 2.05) is 0 Å². The first kappa shape index (κ1) is 12.8. The average Bonchev–Trinajstić information content (AvgIpc) is 2.56. The Labute approximate surface area is 112 Å². The van der Waals surface area contributed by atoms with E-state index < -0.39 is 23.7 Å². The van der Waals surface area contributed by atoms with Crippen LogP contribution in [0.4, 0.5) is 5.69 Å². The number of carbonyl (C=O) groups excluding carboxylic acids is 2. The second-order valence-corrected chi connectivity index (χ2v) is 4.75. The van der Waals surface area contributed by atoms with Crippen LogP contribution in [0.15, 0.2) is 22.7 Å². The van der Waals surface area contributed by atoms with Gasteiger partial charge in [-0.2, -0.15) is 0 Å². The third-order valence-corrected chi connectivity index (χ3v) is 3.54. The topological polar surface area (TPSA) is 74.7 Å². The maximum atomic E-state index is 11.9. The minimum Gasteiger partial charge on any atom is -0.480 e. The molecule has 5 nitrogen and oxygen atoms in total. The van der Waals surface area contributed by atoms with E-state index in [9.17, 15) is 14.4 Å². The molecule has 0 bridgehead atoms. The fourth-order valence-corrected chi connectivity index (χ4v) is 2.58. The van der Waals surface area contributed by atoms with Crippen LogP contribution in [0, 0.1) is 0 Å². The number of hydrogen-bond acceptors (Lipinski definition) is 3. The van der Waals surface area contributed by atoms with Crippen molar-refractivity contribution in [3.63, 3.8) is 0 Å². The Balaban J connectivity index is 2.59. The number of ketones is 1. The molecule has 18 heavy (non-hydrogen) atoms. The lowest BCUT2D eigenvalue weighted by Gasteiger charge is -2.23. The van der Waals surface area contributed by atoms with Gasteiger partial charge in [0.05, 0.1) is 11.3 Å². The van der Waals surface area contributed by atoms with E-state index in [2.05, 4.69) is 15.9 Å². The zero-order valence-corrected chi connectivity index (χ0v) is 11.1. The van der Waals surface area contributed by atoms with Crippen molar-refractivity contribution in [3.05, 3.63) is 28.2 Å². The molecule has 0 radical (unpaired) electrons. The predicted molar refractivity (Wildman–Crippen MR) is 67.7 cm³/mol. The molecule has 1 aliphatic rings. The van der Waals surface area contributed by atoms with Crippen LogP contribution in [0.25, 0.3) is 0 Å². The molecule has 1 aromatic carbocycles. The molecule has 6 heteroatoms. The Morgan fingerprint density at radius 2 is 2.11 bits per heavy atom. The Bertz CT molecular complexity index is 555. The molecule has 0 spiro atoms. The molecule has 1 aromatic rings. The molecule has 0 fully saturated rings. The van der Waals surface area contributed by atoms with Gasteiger partial charge in [0.2, 0.25) is 0 Å². The molecule has 94 valence electrons. The van der Waals surface area contributed by atoms with E-state index in [0.717, 1.165) is 4.90 Å². The first-order chi connectivity index (χ1) is 8.49. The zero-order valence-electron chi connectivity index (χ0n) is 9.51. The standard InChI is InChI=1S/C12H10BrNO4/c1-2-7(12(17)18)14-8-5-3-4-6(13)9(8)10(15)11(14)16/h3-5,7H,2H2,1H3,(H,17,18). The summed E-state index contributed by atoms with van der Waals surface area (Å²) >= 11 is 3.20. The average molecular weight is 312 g/mol. The molecule has 0 aromatic heterocycles. The van der Waals surface area contributed by atoms with Crippen LogP contribution in [-0.4, -0.2) is 28.8 Å². The summed E-state index contributed by atoms with van der Waals surface area (Å²) in [5.41, 5.74) is 0.593. The minimum atomic E-state index is -1.12. The number of benzene rings is 1. The van der Waals surface area contributed by atoms with Gasteiger partial charge in [0.25, 0.3) is 11.7 Å². The molecule has 1 atom stereocenters. The molecule has 0 aliphatic carbocycles. The number of aliphatic carboxylic acids is 1. The Hall–Kier alpha value is -1.69. The van der Waals surface area contributed by atoms with Gasteiger partial charge >= 0.3 is 5.97 Å². The summed E-state index contributed by atoms with van der Waals surface area (Å²) in [7, 11) is 0. The third kappa shape index (κ3) is 1.73. The van der Waals surface area contributed by atoms with Gasteiger partial charge in [0.15, 0.2) is 0 Å². The largest absolute Gasteiger partial charge is 0.480 e. The summed E-state index contributed by atoms with van der Waals surface area (Å²) in [6.07, 6.45) is 0.236. The van der Waals surface area contributed by atoms with E-state index >= 15 is 0 Å². The Morgan fingerprint density at radius 3 is 2.67 bits per heavy atom. The summed E-state index contributed by atoms with van der Waals surface area (Å²) in [5, 5.41) is 9.12. The van der Waals surface area contributed by atoms with Crippen LogP contribution in [0.5, 0.6) is 0 Å². The monoisotopic (exact) mass is 311 g/mol. The van der Waals surface area contributed by atoms with E-state index in [1.165, 1.54) is 0 Å². The highest BCUT2D eigenvalue weighted by Gasteiger charge is 2.42. The highest BCUT2D eigenvalue weighted by molar-refractivity contribution is 9.10. The fourth-order valence-electron chi connectivity index (χ4n) is 2.04. The Morgan fingerprint density at radius 1 is 1.44 bits per heavy atom. The molecular formula is C12H10BrNO4. The number of carboxylic acids is 1. The van der Waals surface area contributed by atoms with Crippen LogP contribution in [0.2, 0.25) is 0 Å². The molecule has 1 heterocycles. The zero-order chi connectivity index (χ0) is 13.4. The number of rotatable bonds is 3. The second-order valence-electron chi connectivity index (χ2n) is 3.90. The maximum Gasteiger partial charge on any atom is 0.326 e. The quantitative estimate of drug-likeness (QED) is 0.864. The molecule has 0 saturated carbocycles. The Kier molecular flexibility index (Phi) is 3.21. The highest BCUT2D eigenvalue weighted by Crippen LogP contribution is 2.36. The third-order valence-electron chi connectivity index (χ3n) is 2.87. The van der Waals surface area contributed by atoms with Crippen molar-refractivity contribution >= 4 is 39.3 Å². The van der Waals surface area contributed by atoms with Gasteiger partial charge in [-0.15, -0.1) is 0 Å². The first-order valence-corrected chi connectivity index (χ1v) is 6.17. The number of amides is 1. The van der Waals surface area contributed by atoms with Crippen LogP contribution >= 0.6 is 15.9 Å². The normalized spacial score (nSPS) is 15.8. The van der Waals surface area contributed by atoms with Gasteiger partial charge in [-0.1, -0.05) is 13.0 Å². The number of fused-ring (bicyclic) bond motifs is 1.